The van der Waals surface area contributed by atoms with E-state index in [1.165, 1.54) is 6.07 Å². The van der Waals surface area contributed by atoms with E-state index in [4.69, 9.17) is 4.74 Å². The Hall–Kier alpha value is -1.87. The van der Waals surface area contributed by atoms with Crippen molar-refractivity contribution in [3.05, 3.63) is 58.9 Å². The van der Waals surface area contributed by atoms with Crippen molar-refractivity contribution in [3.63, 3.8) is 0 Å². The van der Waals surface area contributed by atoms with Crippen molar-refractivity contribution in [1.82, 2.24) is 0 Å². The minimum Gasteiger partial charge on any atom is -0.454 e. The van der Waals surface area contributed by atoms with Crippen LogP contribution in [-0.2, 0) is 0 Å². The smallest absolute Gasteiger partial charge is 0.166 e. The van der Waals surface area contributed by atoms with Crippen LogP contribution in [0.2, 0.25) is 0 Å². The zero-order chi connectivity index (χ0) is 14.0. The molecule has 19 heavy (non-hydrogen) atoms. The summed E-state index contributed by atoms with van der Waals surface area (Å²) in [5, 5.41) is 9.40. The van der Waals surface area contributed by atoms with Gasteiger partial charge in [-0.15, -0.1) is 0 Å². The molecule has 2 rings (SSSR count). The van der Waals surface area contributed by atoms with Crippen molar-refractivity contribution in [3.8, 4) is 11.5 Å². The monoisotopic (exact) mass is 260 g/mol. The summed E-state index contributed by atoms with van der Waals surface area (Å²) in [4.78, 5) is 0. The van der Waals surface area contributed by atoms with E-state index in [2.05, 4.69) is 0 Å². The summed E-state index contributed by atoms with van der Waals surface area (Å²) < 4.78 is 19.5. The van der Waals surface area contributed by atoms with Gasteiger partial charge in [-0.1, -0.05) is 18.2 Å². The first kappa shape index (κ1) is 13.6. The third-order valence-electron chi connectivity index (χ3n) is 3.00. The number of aliphatic hydroxyl groups is 1. The van der Waals surface area contributed by atoms with Gasteiger partial charge in [0.2, 0.25) is 0 Å². The first-order chi connectivity index (χ1) is 8.97. The molecule has 0 spiro atoms. The average Bonchev–Trinajstić information content (AvgIpc) is 2.36. The summed E-state index contributed by atoms with van der Waals surface area (Å²) in [6.07, 6.45) is -0.691. The van der Waals surface area contributed by atoms with E-state index >= 15 is 0 Å². The Morgan fingerprint density at radius 1 is 1.05 bits per heavy atom. The van der Waals surface area contributed by atoms with Gasteiger partial charge in [-0.2, -0.15) is 0 Å². The first-order valence-corrected chi connectivity index (χ1v) is 6.20. The van der Waals surface area contributed by atoms with Gasteiger partial charge in [0.1, 0.15) is 5.75 Å². The van der Waals surface area contributed by atoms with Crippen molar-refractivity contribution in [1.29, 1.82) is 0 Å². The molecular formula is C16H17FO2. The Kier molecular flexibility index (Phi) is 3.86. The van der Waals surface area contributed by atoms with Gasteiger partial charge in [0.15, 0.2) is 11.6 Å². The van der Waals surface area contributed by atoms with Crippen LogP contribution in [0.4, 0.5) is 4.39 Å². The predicted octanol–water partition coefficient (Wildman–Crippen LogP) is 4.29. The highest BCUT2D eigenvalue weighted by atomic mass is 19.1. The first-order valence-electron chi connectivity index (χ1n) is 6.20. The number of benzene rings is 2. The zero-order valence-electron chi connectivity index (χ0n) is 11.3. The molecule has 0 bridgehead atoms. The van der Waals surface area contributed by atoms with Crippen LogP contribution in [0.25, 0.3) is 0 Å². The Labute approximate surface area is 112 Å². The summed E-state index contributed by atoms with van der Waals surface area (Å²) in [6.45, 7) is 5.47. The summed E-state index contributed by atoms with van der Waals surface area (Å²) in [6, 6.07) is 10.3. The highest BCUT2D eigenvalue weighted by Crippen LogP contribution is 2.29. The lowest BCUT2D eigenvalue weighted by Crippen LogP contribution is -1.95. The number of aliphatic hydroxyl groups excluding tert-OH is 1. The number of hydrogen-bond acceptors (Lipinski definition) is 2. The SMILES string of the molecule is Cc1ccc(C)c(Oc2ccc([C@H](C)O)cc2F)c1. The maximum Gasteiger partial charge on any atom is 0.166 e. The van der Waals surface area contributed by atoms with Crippen molar-refractivity contribution in [2.75, 3.05) is 0 Å². The van der Waals surface area contributed by atoms with Crippen molar-refractivity contribution in [2.45, 2.75) is 26.9 Å². The number of rotatable bonds is 3. The fourth-order valence-electron chi connectivity index (χ4n) is 1.80. The molecule has 2 aromatic rings. The molecule has 0 aliphatic rings. The highest BCUT2D eigenvalue weighted by molar-refractivity contribution is 5.41. The van der Waals surface area contributed by atoms with Crippen LogP contribution in [0.15, 0.2) is 36.4 Å². The second-order valence-electron chi connectivity index (χ2n) is 4.74. The molecule has 0 aromatic heterocycles. The number of halogens is 1. The molecule has 1 atom stereocenters. The second kappa shape index (κ2) is 5.41. The Balaban J connectivity index is 2.31. The van der Waals surface area contributed by atoms with Gasteiger partial charge >= 0.3 is 0 Å². The maximum atomic E-state index is 13.9. The molecule has 0 unspecified atom stereocenters. The molecule has 100 valence electrons. The minimum atomic E-state index is -0.691. The van der Waals surface area contributed by atoms with E-state index in [-0.39, 0.29) is 5.75 Å². The van der Waals surface area contributed by atoms with E-state index in [1.807, 2.05) is 32.0 Å². The lowest BCUT2D eigenvalue weighted by molar-refractivity contribution is 0.198. The fourth-order valence-corrected chi connectivity index (χ4v) is 1.80. The summed E-state index contributed by atoms with van der Waals surface area (Å²) in [5.41, 5.74) is 2.54. The molecule has 0 amide bonds. The molecule has 2 aromatic carbocycles. The number of hydrogen-bond donors (Lipinski definition) is 1. The summed E-state index contributed by atoms with van der Waals surface area (Å²) in [5.74, 6) is 0.334. The van der Waals surface area contributed by atoms with Crippen LogP contribution < -0.4 is 4.74 Å². The van der Waals surface area contributed by atoms with E-state index in [9.17, 15) is 9.50 Å². The van der Waals surface area contributed by atoms with Crippen LogP contribution in [0.1, 0.15) is 29.7 Å². The van der Waals surface area contributed by atoms with Gasteiger partial charge in [0.05, 0.1) is 6.10 Å². The molecule has 0 fully saturated rings. The van der Waals surface area contributed by atoms with Crippen LogP contribution in [0.5, 0.6) is 11.5 Å². The highest BCUT2D eigenvalue weighted by Gasteiger charge is 2.10. The minimum absolute atomic E-state index is 0.165. The molecule has 0 aliphatic carbocycles. The summed E-state index contributed by atoms with van der Waals surface area (Å²) in [7, 11) is 0. The molecule has 1 N–H and O–H groups in total. The van der Waals surface area contributed by atoms with Crippen LogP contribution in [0.3, 0.4) is 0 Å². The van der Waals surface area contributed by atoms with Gasteiger partial charge in [0.25, 0.3) is 0 Å². The molecular weight excluding hydrogens is 243 g/mol. The standard InChI is InChI=1S/C16H17FO2/c1-10-4-5-11(2)16(8-10)19-15-7-6-13(12(3)18)9-14(15)17/h4-9,12,18H,1-3H3/t12-/m0/s1. The molecule has 3 heteroatoms. The molecule has 0 radical (unpaired) electrons. The molecule has 0 aliphatic heterocycles. The normalized spacial score (nSPS) is 12.3. The second-order valence-corrected chi connectivity index (χ2v) is 4.74. The molecule has 0 heterocycles. The van der Waals surface area contributed by atoms with Crippen LogP contribution in [-0.4, -0.2) is 5.11 Å². The Morgan fingerprint density at radius 2 is 1.79 bits per heavy atom. The topological polar surface area (TPSA) is 29.5 Å². The largest absolute Gasteiger partial charge is 0.454 e. The van der Waals surface area contributed by atoms with E-state index < -0.39 is 11.9 Å². The van der Waals surface area contributed by atoms with Gasteiger partial charge in [0, 0.05) is 0 Å². The molecule has 2 nitrogen and oxygen atoms in total. The van der Waals surface area contributed by atoms with Gasteiger partial charge in [-0.25, -0.2) is 4.39 Å². The van der Waals surface area contributed by atoms with Crippen LogP contribution in [0, 0.1) is 19.7 Å². The van der Waals surface area contributed by atoms with E-state index in [0.29, 0.717) is 11.3 Å². The Morgan fingerprint density at radius 3 is 2.42 bits per heavy atom. The lowest BCUT2D eigenvalue weighted by atomic mass is 10.1. The number of aryl methyl sites for hydroxylation is 2. The average molecular weight is 260 g/mol. The number of ether oxygens (including phenoxy) is 1. The predicted molar refractivity (Wildman–Crippen MR) is 73.0 cm³/mol. The zero-order valence-corrected chi connectivity index (χ0v) is 11.3. The van der Waals surface area contributed by atoms with Gasteiger partial charge in [-0.05, 0) is 55.7 Å². The van der Waals surface area contributed by atoms with Crippen molar-refractivity contribution >= 4 is 0 Å². The lowest BCUT2D eigenvalue weighted by Gasteiger charge is -2.12. The van der Waals surface area contributed by atoms with Gasteiger partial charge in [-0.3, -0.25) is 0 Å². The molecule has 0 saturated heterocycles. The van der Waals surface area contributed by atoms with E-state index in [1.54, 1.807) is 19.1 Å². The van der Waals surface area contributed by atoms with Gasteiger partial charge < -0.3 is 9.84 Å². The van der Waals surface area contributed by atoms with Crippen molar-refractivity contribution in [2.24, 2.45) is 0 Å². The molecule has 0 saturated carbocycles. The van der Waals surface area contributed by atoms with Crippen LogP contribution >= 0.6 is 0 Å². The van der Waals surface area contributed by atoms with Crippen molar-refractivity contribution < 1.29 is 14.2 Å². The Bertz CT molecular complexity index is 591. The third kappa shape index (κ3) is 3.12. The fraction of sp³-hybridized carbons (Fsp3) is 0.250. The maximum absolute atomic E-state index is 13.9. The third-order valence-corrected chi connectivity index (χ3v) is 3.00. The summed E-state index contributed by atoms with van der Waals surface area (Å²) >= 11 is 0. The quantitative estimate of drug-likeness (QED) is 0.892. The van der Waals surface area contributed by atoms with E-state index in [0.717, 1.165) is 11.1 Å².